The molecule has 0 aliphatic carbocycles. The number of anilines is 2. The van der Waals surface area contributed by atoms with Crippen molar-refractivity contribution in [3.8, 4) is 0 Å². The van der Waals surface area contributed by atoms with Gasteiger partial charge in [0.1, 0.15) is 17.2 Å². The smallest absolute Gasteiger partial charge is 0.412 e. The van der Waals surface area contributed by atoms with E-state index >= 15 is 0 Å². The fourth-order valence-corrected chi connectivity index (χ4v) is 2.25. The molecule has 2 amide bonds. The minimum absolute atomic E-state index is 0.0798. The summed E-state index contributed by atoms with van der Waals surface area (Å²) in [5.74, 6) is -3.37. The van der Waals surface area contributed by atoms with Crippen LogP contribution in [0.3, 0.4) is 0 Å². The molecule has 2 N–H and O–H groups in total. The van der Waals surface area contributed by atoms with Crippen LogP contribution in [0.5, 0.6) is 0 Å². The standard InChI is InChI=1S/C21H22F2N2O5/c1-12(18(26)25-17-9-8-14(22)11-16(17)23)29-19(27)13-6-5-7-15(10-13)24-20(28)30-21(2,3)4/h5-12H,1-4H3,(H,24,28)(H,25,26). The van der Waals surface area contributed by atoms with Gasteiger partial charge in [-0.05, 0) is 58.0 Å². The maximum Gasteiger partial charge on any atom is 0.412 e. The lowest BCUT2D eigenvalue weighted by Gasteiger charge is -2.19. The number of hydrogen-bond acceptors (Lipinski definition) is 5. The number of rotatable bonds is 5. The Morgan fingerprint density at radius 3 is 2.33 bits per heavy atom. The second kappa shape index (κ2) is 9.34. The molecule has 2 aromatic rings. The highest BCUT2D eigenvalue weighted by atomic mass is 19.1. The van der Waals surface area contributed by atoms with Gasteiger partial charge in [0.15, 0.2) is 6.10 Å². The Balaban J connectivity index is 1.99. The normalized spacial score (nSPS) is 11.9. The Morgan fingerprint density at radius 2 is 1.70 bits per heavy atom. The van der Waals surface area contributed by atoms with Gasteiger partial charge < -0.3 is 14.8 Å². The third-order valence-corrected chi connectivity index (χ3v) is 3.59. The van der Waals surface area contributed by atoms with Crippen LogP contribution < -0.4 is 10.6 Å². The van der Waals surface area contributed by atoms with Crippen molar-refractivity contribution in [1.82, 2.24) is 0 Å². The minimum Gasteiger partial charge on any atom is -0.449 e. The van der Waals surface area contributed by atoms with E-state index in [2.05, 4.69) is 10.6 Å². The van der Waals surface area contributed by atoms with Crippen LogP contribution in [-0.4, -0.2) is 29.7 Å². The highest BCUT2D eigenvalue weighted by molar-refractivity contribution is 5.98. The quantitative estimate of drug-likeness (QED) is 0.695. The van der Waals surface area contributed by atoms with Crippen molar-refractivity contribution >= 4 is 29.3 Å². The van der Waals surface area contributed by atoms with Crippen molar-refractivity contribution < 1.29 is 32.6 Å². The van der Waals surface area contributed by atoms with Crippen LogP contribution in [0.4, 0.5) is 25.0 Å². The van der Waals surface area contributed by atoms with Gasteiger partial charge in [-0.2, -0.15) is 0 Å². The van der Waals surface area contributed by atoms with Gasteiger partial charge in [-0.25, -0.2) is 18.4 Å². The maximum absolute atomic E-state index is 13.6. The molecular formula is C21H22F2N2O5. The number of benzene rings is 2. The first-order chi connectivity index (χ1) is 13.9. The first kappa shape index (κ1) is 22.8. The molecule has 0 aromatic heterocycles. The second-order valence-corrected chi connectivity index (χ2v) is 7.37. The molecule has 0 fully saturated rings. The molecule has 1 unspecified atom stereocenters. The predicted octanol–water partition coefficient (Wildman–Crippen LogP) is 4.50. The Morgan fingerprint density at radius 1 is 1.00 bits per heavy atom. The Labute approximate surface area is 172 Å². The van der Waals surface area contributed by atoms with E-state index in [4.69, 9.17) is 9.47 Å². The monoisotopic (exact) mass is 420 g/mol. The molecule has 0 bridgehead atoms. The van der Waals surface area contributed by atoms with Crippen LogP contribution in [-0.2, 0) is 14.3 Å². The van der Waals surface area contributed by atoms with E-state index in [-0.39, 0.29) is 11.3 Å². The average molecular weight is 420 g/mol. The molecule has 160 valence electrons. The zero-order valence-corrected chi connectivity index (χ0v) is 16.9. The van der Waals surface area contributed by atoms with Gasteiger partial charge in [0.2, 0.25) is 0 Å². The number of esters is 1. The van der Waals surface area contributed by atoms with Crippen molar-refractivity contribution in [3.63, 3.8) is 0 Å². The molecule has 0 saturated heterocycles. The molecule has 0 aliphatic rings. The summed E-state index contributed by atoms with van der Waals surface area (Å²) >= 11 is 0. The molecule has 0 heterocycles. The summed E-state index contributed by atoms with van der Waals surface area (Å²) in [6, 6.07) is 8.52. The molecule has 30 heavy (non-hydrogen) atoms. The number of amides is 2. The van der Waals surface area contributed by atoms with E-state index < -0.39 is 41.3 Å². The first-order valence-corrected chi connectivity index (χ1v) is 9.01. The third-order valence-electron chi connectivity index (χ3n) is 3.59. The lowest BCUT2D eigenvalue weighted by molar-refractivity contribution is -0.123. The Kier molecular flexibility index (Phi) is 7.10. The summed E-state index contributed by atoms with van der Waals surface area (Å²) in [7, 11) is 0. The van der Waals surface area contributed by atoms with Gasteiger partial charge in [0.05, 0.1) is 11.3 Å². The largest absolute Gasteiger partial charge is 0.449 e. The molecule has 2 rings (SSSR count). The lowest BCUT2D eigenvalue weighted by Crippen LogP contribution is -2.30. The lowest BCUT2D eigenvalue weighted by atomic mass is 10.2. The van der Waals surface area contributed by atoms with Gasteiger partial charge in [0.25, 0.3) is 5.91 Å². The van der Waals surface area contributed by atoms with Crippen LogP contribution >= 0.6 is 0 Å². The molecule has 2 aromatic carbocycles. The molecule has 0 saturated carbocycles. The second-order valence-electron chi connectivity index (χ2n) is 7.37. The van der Waals surface area contributed by atoms with Gasteiger partial charge in [-0.15, -0.1) is 0 Å². The minimum atomic E-state index is -1.26. The number of halogens is 2. The van der Waals surface area contributed by atoms with E-state index in [1.54, 1.807) is 26.8 Å². The van der Waals surface area contributed by atoms with Crippen molar-refractivity contribution in [2.45, 2.75) is 39.4 Å². The van der Waals surface area contributed by atoms with E-state index in [0.29, 0.717) is 11.8 Å². The molecule has 7 nitrogen and oxygen atoms in total. The summed E-state index contributed by atoms with van der Waals surface area (Å²) in [6.07, 6.45) is -1.95. The molecule has 1 atom stereocenters. The summed E-state index contributed by atoms with van der Waals surface area (Å²) in [5, 5.41) is 4.71. The van der Waals surface area contributed by atoms with Gasteiger partial charge >= 0.3 is 12.1 Å². The summed E-state index contributed by atoms with van der Waals surface area (Å²) in [4.78, 5) is 36.3. The van der Waals surface area contributed by atoms with Crippen LogP contribution in [0.1, 0.15) is 38.1 Å². The zero-order valence-electron chi connectivity index (χ0n) is 16.9. The highest BCUT2D eigenvalue weighted by Gasteiger charge is 2.21. The molecular weight excluding hydrogens is 398 g/mol. The molecule has 9 heteroatoms. The van der Waals surface area contributed by atoms with Gasteiger partial charge in [-0.1, -0.05) is 6.07 Å². The number of hydrogen-bond donors (Lipinski definition) is 2. The van der Waals surface area contributed by atoms with Crippen molar-refractivity contribution in [3.05, 3.63) is 59.7 Å². The van der Waals surface area contributed by atoms with Crippen LogP contribution in [0.2, 0.25) is 0 Å². The summed E-state index contributed by atoms with van der Waals surface area (Å²) in [5.41, 5.74) is -0.554. The topological polar surface area (TPSA) is 93.7 Å². The summed E-state index contributed by atoms with van der Waals surface area (Å²) in [6.45, 7) is 6.44. The number of ether oxygens (including phenoxy) is 2. The van der Waals surface area contributed by atoms with Crippen LogP contribution in [0.15, 0.2) is 42.5 Å². The first-order valence-electron chi connectivity index (χ1n) is 9.01. The number of carbonyl (C=O) groups is 3. The van der Waals surface area contributed by atoms with E-state index in [1.807, 2.05) is 0 Å². The van der Waals surface area contributed by atoms with Gasteiger partial charge in [-0.3, -0.25) is 10.1 Å². The van der Waals surface area contributed by atoms with E-state index in [1.165, 1.54) is 25.1 Å². The van der Waals surface area contributed by atoms with Gasteiger partial charge in [0, 0.05) is 11.8 Å². The fraction of sp³-hybridized carbons (Fsp3) is 0.286. The van der Waals surface area contributed by atoms with Crippen molar-refractivity contribution in [2.24, 2.45) is 0 Å². The number of nitrogens with one attached hydrogen (secondary N) is 2. The van der Waals surface area contributed by atoms with Crippen LogP contribution in [0.25, 0.3) is 0 Å². The SMILES string of the molecule is CC(OC(=O)c1cccc(NC(=O)OC(C)(C)C)c1)C(=O)Nc1ccc(F)cc1F. The zero-order chi connectivity index (χ0) is 22.5. The average Bonchev–Trinajstić information content (AvgIpc) is 2.62. The predicted molar refractivity (Wildman–Crippen MR) is 106 cm³/mol. The number of carbonyl (C=O) groups excluding carboxylic acids is 3. The highest BCUT2D eigenvalue weighted by Crippen LogP contribution is 2.17. The molecule has 0 aliphatic heterocycles. The third kappa shape index (κ3) is 6.84. The Hall–Kier alpha value is -3.49. The molecule has 0 radical (unpaired) electrons. The van der Waals surface area contributed by atoms with Crippen molar-refractivity contribution in [2.75, 3.05) is 10.6 Å². The summed E-state index contributed by atoms with van der Waals surface area (Å²) < 4.78 is 36.8. The van der Waals surface area contributed by atoms with E-state index in [9.17, 15) is 23.2 Å². The van der Waals surface area contributed by atoms with E-state index in [0.717, 1.165) is 12.1 Å². The molecule has 0 spiro atoms. The van der Waals surface area contributed by atoms with Crippen LogP contribution in [0, 0.1) is 11.6 Å². The fourth-order valence-electron chi connectivity index (χ4n) is 2.25. The Bertz CT molecular complexity index is 957. The van der Waals surface area contributed by atoms with Crippen molar-refractivity contribution in [1.29, 1.82) is 0 Å². The maximum atomic E-state index is 13.6.